The van der Waals surface area contributed by atoms with Gasteiger partial charge in [0.1, 0.15) is 10.6 Å². The van der Waals surface area contributed by atoms with Crippen LogP contribution in [0.25, 0.3) is 0 Å². The number of morpholine rings is 1. The van der Waals surface area contributed by atoms with Crippen LogP contribution in [0.2, 0.25) is 0 Å². The van der Waals surface area contributed by atoms with Crippen molar-refractivity contribution in [2.75, 3.05) is 26.3 Å². The van der Waals surface area contributed by atoms with Crippen LogP contribution in [0.3, 0.4) is 0 Å². The molecule has 1 saturated heterocycles. The van der Waals surface area contributed by atoms with Crippen molar-refractivity contribution in [1.29, 1.82) is 0 Å². The van der Waals surface area contributed by atoms with Crippen LogP contribution in [0.1, 0.15) is 36.3 Å². The minimum absolute atomic E-state index is 0.118. The largest absolute Gasteiger partial charge is 0.438 e. The maximum Gasteiger partial charge on any atom is 0.274 e. The molecule has 1 aliphatic rings. The van der Waals surface area contributed by atoms with Crippen LogP contribution < -0.4 is 9.46 Å². The second-order valence-corrected chi connectivity index (χ2v) is 9.41. The van der Waals surface area contributed by atoms with E-state index in [0.717, 1.165) is 12.1 Å². The standard InChI is InChI=1S/C20H27N5O7S/c1-5-13(2)22-33(29,30)17-12-15(25(27)28)6-7-16(17)32-20-14(3)18(21-23(20)4)19(26)24-8-10-31-11-9-24/h6-7,12-13,22H,5,8-11H2,1-4H3/t13-/m0/s1. The molecule has 1 amide bonds. The highest BCUT2D eigenvalue weighted by atomic mass is 32.2. The molecule has 0 spiro atoms. The van der Waals surface area contributed by atoms with Gasteiger partial charge in [0.05, 0.1) is 18.1 Å². The van der Waals surface area contributed by atoms with Gasteiger partial charge in [0, 0.05) is 43.9 Å². The lowest BCUT2D eigenvalue weighted by molar-refractivity contribution is -0.385. The van der Waals surface area contributed by atoms with Gasteiger partial charge in [-0.05, 0) is 26.3 Å². The Kier molecular flexibility index (Phi) is 7.34. The number of aryl methyl sites for hydroxylation is 1. The summed E-state index contributed by atoms with van der Waals surface area (Å²) < 4.78 is 40.9. The summed E-state index contributed by atoms with van der Waals surface area (Å²) in [5.74, 6) is -0.246. The molecule has 0 aliphatic carbocycles. The van der Waals surface area contributed by atoms with E-state index >= 15 is 0 Å². The first kappa shape index (κ1) is 24.6. The zero-order chi connectivity index (χ0) is 24.3. The van der Waals surface area contributed by atoms with Gasteiger partial charge >= 0.3 is 0 Å². The minimum Gasteiger partial charge on any atom is -0.438 e. The molecule has 1 aromatic carbocycles. The summed E-state index contributed by atoms with van der Waals surface area (Å²) in [5.41, 5.74) is 0.209. The summed E-state index contributed by atoms with van der Waals surface area (Å²) in [6.45, 7) is 6.90. The van der Waals surface area contributed by atoms with Gasteiger partial charge < -0.3 is 14.4 Å². The van der Waals surface area contributed by atoms with E-state index in [4.69, 9.17) is 9.47 Å². The number of aromatic nitrogens is 2. The number of nitro benzene ring substituents is 1. The van der Waals surface area contributed by atoms with E-state index in [1.165, 1.54) is 10.7 Å². The summed E-state index contributed by atoms with van der Waals surface area (Å²) in [5, 5.41) is 15.5. The minimum atomic E-state index is -4.13. The summed E-state index contributed by atoms with van der Waals surface area (Å²) in [6, 6.07) is 2.94. The molecule has 1 aromatic heterocycles. The maximum atomic E-state index is 13.0. The van der Waals surface area contributed by atoms with Crippen molar-refractivity contribution < 1.29 is 27.6 Å². The summed E-state index contributed by atoms with van der Waals surface area (Å²) in [4.78, 5) is 24.7. The smallest absolute Gasteiger partial charge is 0.274 e. The number of ether oxygens (including phenoxy) is 2. The monoisotopic (exact) mass is 481 g/mol. The van der Waals surface area contributed by atoms with Gasteiger partial charge in [0.25, 0.3) is 11.6 Å². The molecule has 3 rings (SSSR count). The van der Waals surface area contributed by atoms with E-state index in [0.29, 0.717) is 38.3 Å². The highest BCUT2D eigenvalue weighted by Gasteiger charge is 2.29. The van der Waals surface area contributed by atoms with Crippen LogP contribution in [-0.2, 0) is 21.8 Å². The van der Waals surface area contributed by atoms with Crippen molar-refractivity contribution in [2.24, 2.45) is 7.05 Å². The molecule has 0 bridgehead atoms. The summed E-state index contributed by atoms with van der Waals surface area (Å²) in [6.07, 6.45) is 0.526. The third-order valence-corrected chi connectivity index (χ3v) is 6.93. The predicted octanol–water partition coefficient (Wildman–Crippen LogP) is 1.98. The molecule has 1 fully saturated rings. The fourth-order valence-corrected chi connectivity index (χ4v) is 4.77. The molecule has 0 radical (unpaired) electrons. The molecule has 1 atom stereocenters. The summed E-state index contributed by atoms with van der Waals surface area (Å²) in [7, 11) is -2.56. The Hall–Kier alpha value is -3.03. The molecular formula is C20H27N5O7S. The number of benzene rings is 1. The van der Waals surface area contributed by atoms with Crippen LogP contribution in [0.5, 0.6) is 11.6 Å². The van der Waals surface area contributed by atoms with Crippen LogP contribution >= 0.6 is 0 Å². The average Bonchev–Trinajstić information content (AvgIpc) is 3.07. The lowest BCUT2D eigenvalue weighted by Gasteiger charge is -2.26. The van der Waals surface area contributed by atoms with Crippen LogP contribution in [0, 0.1) is 17.0 Å². The molecule has 13 heteroatoms. The van der Waals surface area contributed by atoms with E-state index in [-0.39, 0.29) is 28.1 Å². The third kappa shape index (κ3) is 5.31. The van der Waals surface area contributed by atoms with Gasteiger partial charge in [-0.1, -0.05) is 6.92 Å². The lowest BCUT2D eigenvalue weighted by Crippen LogP contribution is -2.41. The molecule has 2 heterocycles. The molecular weight excluding hydrogens is 454 g/mol. The van der Waals surface area contributed by atoms with Crippen LogP contribution in [-0.4, -0.2) is 66.3 Å². The molecule has 1 N–H and O–H groups in total. The number of nitrogens with zero attached hydrogens (tertiary/aromatic N) is 4. The highest BCUT2D eigenvalue weighted by Crippen LogP contribution is 2.34. The predicted molar refractivity (Wildman–Crippen MR) is 118 cm³/mol. The maximum absolute atomic E-state index is 13.0. The first-order valence-electron chi connectivity index (χ1n) is 10.4. The van der Waals surface area contributed by atoms with Crippen molar-refractivity contribution in [2.45, 2.75) is 38.1 Å². The third-order valence-electron chi connectivity index (χ3n) is 5.32. The number of nitro groups is 1. The molecule has 0 unspecified atom stereocenters. The van der Waals surface area contributed by atoms with Gasteiger partial charge in [-0.3, -0.25) is 14.9 Å². The van der Waals surface area contributed by atoms with Crippen LogP contribution in [0.15, 0.2) is 23.1 Å². The SMILES string of the molecule is CC[C@H](C)NS(=O)(=O)c1cc([N+](=O)[O-])ccc1Oc1c(C)c(C(=O)N2CCOCC2)nn1C. The molecule has 0 saturated carbocycles. The van der Waals surface area contributed by atoms with Crippen molar-refractivity contribution in [3.05, 3.63) is 39.6 Å². The van der Waals surface area contributed by atoms with Gasteiger partial charge in [-0.25, -0.2) is 17.8 Å². The van der Waals surface area contributed by atoms with Crippen molar-refractivity contribution >= 4 is 21.6 Å². The van der Waals surface area contributed by atoms with Crippen molar-refractivity contribution in [3.63, 3.8) is 0 Å². The van der Waals surface area contributed by atoms with Gasteiger partial charge in [-0.15, -0.1) is 0 Å². The molecule has 12 nitrogen and oxygen atoms in total. The summed E-state index contributed by atoms with van der Waals surface area (Å²) >= 11 is 0. The van der Waals surface area contributed by atoms with E-state index in [2.05, 4.69) is 9.82 Å². The first-order valence-corrected chi connectivity index (χ1v) is 11.9. The number of sulfonamides is 1. The van der Waals surface area contributed by atoms with Gasteiger partial charge in [0.15, 0.2) is 5.69 Å². The molecule has 2 aromatic rings. The molecule has 180 valence electrons. The molecule has 33 heavy (non-hydrogen) atoms. The number of nitrogens with one attached hydrogen (secondary N) is 1. The molecule has 1 aliphatic heterocycles. The normalized spacial score (nSPS) is 15.3. The van der Waals surface area contributed by atoms with Crippen molar-refractivity contribution in [1.82, 2.24) is 19.4 Å². The Morgan fingerprint density at radius 3 is 2.64 bits per heavy atom. The number of amides is 1. The Morgan fingerprint density at radius 2 is 2.03 bits per heavy atom. The second-order valence-electron chi connectivity index (χ2n) is 7.73. The zero-order valence-electron chi connectivity index (χ0n) is 18.9. The number of hydrogen-bond donors (Lipinski definition) is 1. The van der Waals surface area contributed by atoms with E-state index in [9.17, 15) is 23.3 Å². The fraction of sp³-hybridized carbons (Fsp3) is 0.500. The fourth-order valence-electron chi connectivity index (χ4n) is 3.30. The highest BCUT2D eigenvalue weighted by molar-refractivity contribution is 7.89. The van der Waals surface area contributed by atoms with Gasteiger partial charge in [0.2, 0.25) is 15.9 Å². The topological polar surface area (TPSA) is 146 Å². The number of non-ortho nitro benzene ring substituents is 1. The van der Waals surface area contributed by atoms with E-state index < -0.39 is 26.7 Å². The Morgan fingerprint density at radius 1 is 1.36 bits per heavy atom. The average molecular weight is 482 g/mol. The van der Waals surface area contributed by atoms with Crippen molar-refractivity contribution in [3.8, 4) is 11.6 Å². The van der Waals surface area contributed by atoms with Crippen LogP contribution in [0.4, 0.5) is 5.69 Å². The second kappa shape index (κ2) is 9.85. The number of carbonyl (C=O) groups is 1. The Bertz CT molecular complexity index is 1160. The van der Waals surface area contributed by atoms with E-state index in [1.807, 2.05) is 6.92 Å². The lowest BCUT2D eigenvalue weighted by atomic mass is 10.2. The van der Waals surface area contributed by atoms with E-state index in [1.54, 1.807) is 25.8 Å². The first-order chi connectivity index (χ1) is 15.5. The Balaban J connectivity index is 2.00. The number of carbonyl (C=O) groups excluding carboxylic acids is 1. The Labute approximate surface area is 191 Å². The quantitative estimate of drug-likeness (QED) is 0.445. The number of rotatable bonds is 8. The number of hydrogen-bond acceptors (Lipinski definition) is 8. The van der Waals surface area contributed by atoms with Gasteiger partial charge in [-0.2, -0.15) is 5.10 Å². The zero-order valence-corrected chi connectivity index (χ0v) is 19.7.